The summed E-state index contributed by atoms with van der Waals surface area (Å²) in [4.78, 5) is 2.20. The number of alkyl halides is 2. The van der Waals surface area contributed by atoms with Crippen molar-refractivity contribution in [3.8, 4) is 0 Å². The number of likely N-dealkylation sites (tertiary alicyclic amines) is 1. The molecule has 0 amide bonds. The maximum Gasteiger partial charge on any atom is 0.288 e. The molecule has 27 heavy (non-hydrogen) atoms. The number of anilines is 1. The second-order valence-electron chi connectivity index (χ2n) is 6.66. The third-order valence-electron chi connectivity index (χ3n) is 4.58. The van der Waals surface area contributed by atoms with E-state index in [-0.39, 0.29) is 0 Å². The van der Waals surface area contributed by atoms with Gasteiger partial charge in [-0.2, -0.15) is 8.78 Å². The van der Waals surface area contributed by atoms with Crippen LogP contribution in [-0.2, 0) is 13.1 Å². The number of rotatable bonds is 7. The molecule has 1 fully saturated rings. The van der Waals surface area contributed by atoms with E-state index < -0.39 is 5.76 Å². The first-order valence-electron chi connectivity index (χ1n) is 9.09. The number of hydrogen-bond acceptors (Lipinski definition) is 2. The van der Waals surface area contributed by atoms with E-state index in [1.807, 2.05) is 0 Å². The largest absolute Gasteiger partial charge is 0.358 e. The lowest BCUT2D eigenvalue weighted by Crippen LogP contribution is -3.08. The Morgan fingerprint density at radius 3 is 2.26 bits per heavy atom. The van der Waals surface area contributed by atoms with Gasteiger partial charge in [0, 0.05) is 35.5 Å². The smallest absolute Gasteiger partial charge is 0.288 e. The fraction of sp³-hybridized carbons (Fsp3) is 0.350. The van der Waals surface area contributed by atoms with Crippen LogP contribution in [0.5, 0.6) is 0 Å². The lowest BCUT2D eigenvalue weighted by molar-refractivity contribution is -0.901. The molecule has 0 atom stereocenters. The van der Waals surface area contributed by atoms with Gasteiger partial charge >= 0.3 is 0 Å². The summed E-state index contributed by atoms with van der Waals surface area (Å²) >= 11 is 5.84. The van der Waals surface area contributed by atoms with E-state index in [1.165, 1.54) is 37.1 Å². The molecule has 3 rings (SSSR count). The lowest BCUT2D eigenvalue weighted by Gasteiger charge is -2.13. The number of hydrogen-bond donors (Lipinski definition) is 3. The van der Waals surface area contributed by atoms with Crippen molar-refractivity contribution in [1.29, 1.82) is 0 Å². The first kappa shape index (κ1) is 20.0. The molecule has 0 saturated carbocycles. The van der Waals surface area contributed by atoms with Gasteiger partial charge in [-0.3, -0.25) is 0 Å². The molecule has 0 unspecified atom stereocenters. The molecular formula is C20H24F2N3S2+. The molecule has 144 valence electrons. The summed E-state index contributed by atoms with van der Waals surface area (Å²) in [5.74, 6) is -2.41. The monoisotopic (exact) mass is 408 g/mol. The summed E-state index contributed by atoms with van der Waals surface area (Å²) in [5, 5.41) is 6.76. The number of halogens is 2. The van der Waals surface area contributed by atoms with Crippen molar-refractivity contribution in [2.24, 2.45) is 0 Å². The van der Waals surface area contributed by atoms with Crippen molar-refractivity contribution in [1.82, 2.24) is 5.32 Å². The van der Waals surface area contributed by atoms with Crippen molar-refractivity contribution in [2.75, 3.05) is 18.4 Å². The standard InChI is InChI=1S/C20H23F2N3S2/c21-19(22)27-18-9-7-17(8-10-18)24-20(26)23-13-15-3-5-16(6-4-15)14-25-11-1-2-12-25/h3-10,19H,1-2,11-14H2,(H2,23,24,26)/p+1. The number of nitrogens with one attached hydrogen (secondary N) is 3. The van der Waals surface area contributed by atoms with Crippen molar-refractivity contribution >= 4 is 34.8 Å². The van der Waals surface area contributed by atoms with Gasteiger partial charge in [0.15, 0.2) is 5.11 Å². The predicted molar refractivity (Wildman–Crippen MR) is 111 cm³/mol. The molecule has 0 spiro atoms. The normalized spacial score (nSPS) is 14.5. The zero-order chi connectivity index (χ0) is 19.1. The molecule has 1 saturated heterocycles. The fourth-order valence-corrected chi connectivity index (χ4v) is 3.88. The molecule has 1 heterocycles. The number of benzene rings is 2. The molecule has 0 aromatic heterocycles. The van der Waals surface area contributed by atoms with Gasteiger partial charge in [-0.25, -0.2) is 0 Å². The average molecular weight is 409 g/mol. The minimum absolute atomic E-state index is 0.509. The number of thiocarbonyl (C=S) groups is 1. The Hall–Kier alpha value is -1.70. The van der Waals surface area contributed by atoms with Crippen LogP contribution in [0, 0.1) is 0 Å². The maximum absolute atomic E-state index is 12.3. The highest BCUT2D eigenvalue weighted by atomic mass is 32.2. The van der Waals surface area contributed by atoms with E-state index in [0.29, 0.717) is 28.3 Å². The zero-order valence-corrected chi connectivity index (χ0v) is 16.6. The third-order valence-corrected chi connectivity index (χ3v) is 5.55. The Balaban J connectivity index is 1.43. The SMILES string of the molecule is FC(F)Sc1ccc(NC(=S)NCc2ccc(C[NH+]3CCCC3)cc2)cc1. The second kappa shape index (κ2) is 10.0. The van der Waals surface area contributed by atoms with Gasteiger partial charge in [0.25, 0.3) is 5.76 Å². The van der Waals surface area contributed by atoms with Crippen LogP contribution in [0.4, 0.5) is 14.5 Å². The third kappa shape index (κ3) is 6.75. The number of thioether (sulfide) groups is 1. The predicted octanol–water partition coefficient (Wildman–Crippen LogP) is 3.67. The quantitative estimate of drug-likeness (QED) is 0.482. The molecule has 2 aromatic rings. The van der Waals surface area contributed by atoms with E-state index in [4.69, 9.17) is 12.2 Å². The first-order valence-corrected chi connectivity index (χ1v) is 10.4. The summed E-state index contributed by atoms with van der Waals surface area (Å²) in [5.41, 5.74) is 3.32. The topological polar surface area (TPSA) is 28.5 Å². The Bertz CT molecular complexity index is 730. The van der Waals surface area contributed by atoms with Gasteiger partial charge in [0.1, 0.15) is 6.54 Å². The van der Waals surface area contributed by atoms with Crippen molar-refractivity contribution in [3.63, 3.8) is 0 Å². The number of quaternary nitrogens is 1. The van der Waals surface area contributed by atoms with Gasteiger partial charge in [-0.05, 0) is 42.0 Å². The summed E-state index contributed by atoms with van der Waals surface area (Å²) < 4.78 is 24.7. The van der Waals surface area contributed by atoms with Gasteiger partial charge in [-0.15, -0.1) is 0 Å². The first-order chi connectivity index (χ1) is 13.1. The van der Waals surface area contributed by atoms with E-state index in [0.717, 1.165) is 12.2 Å². The van der Waals surface area contributed by atoms with Crippen LogP contribution in [0.25, 0.3) is 0 Å². The molecule has 2 aromatic carbocycles. The molecule has 7 heteroatoms. The summed E-state index contributed by atoms with van der Waals surface area (Å²) in [6.07, 6.45) is 2.69. The van der Waals surface area contributed by atoms with Gasteiger partial charge in [0.05, 0.1) is 13.1 Å². The zero-order valence-electron chi connectivity index (χ0n) is 15.0. The second-order valence-corrected chi connectivity index (χ2v) is 8.13. The van der Waals surface area contributed by atoms with Gasteiger partial charge in [-0.1, -0.05) is 36.0 Å². The summed E-state index contributed by atoms with van der Waals surface area (Å²) in [6.45, 7) is 4.31. The van der Waals surface area contributed by atoms with Crippen LogP contribution in [0.2, 0.25) is 0 Å². The molecular weight excluding hydrogens is 384 g/mol. The van der Waals surface area contributed by atoms with Crippen LogP contribution in [0.3, 0.4) is 0 Å². The van der Waals surface area contributed by atoms with Crippen LogP contribution < -0.4 is 15.5 Å². The summed E-state index contributed by atoms with van der Waals surface area (Å²) in [7, 11) is 0. The molecule has 0 bridgehead atoms. The van der Waals surface area contributed by atoms with Crippen molar-refractivity contribution in [2.45, 2.75) is 36.6 Å². The van der Waals surface area contributed by atoms with Crippen LogP contribution in [0.15, 0.2) is 53.4 Å². The Morgan fingerprint density at radius 1 is 1.00 bits per heavy atom. The highest BCUT2D eigenvalue weighted by Gasteiger charge is 2.15. The van der Waals surface area contributed by atoms with Crippen molar-refractivity contribution in [3.05, 3.63) is 59.7 Å². The molecule has 1 aliphatic rings. The van der Waals surface area contributed by atoms with Crippen LogP contribution in [0.1, 0.15) is 24.0 Å². The highest BCUT2D eigenvalue weighted by Crippen LogP contribution is 2.26. The minimum Gasteiger partial charge on any atom is -0.358 e. The molecule has 3 nitrogen and oxygen atoms in total. The molecule has 3 N–H and O–H groups in total. The van der Waals surface area contributed by atoms with E-state index in [2.05, 4.69) is 34.9 Å². The van der Waals surface area contributed by atoms with Gasteiger partial charge < -0.3 is 15.5 Å². The van der Waals surface area contributed by atoms with E-state index in [9.17, 15) is 8.78 Å². The van der Waals surface area contributed by atoms with Gasteiger partial charge in [0.2, 0.25) is 0 Å². The van der Waals surface area contributed by atoms with E-state index in [1.54, 1.807) is 29.2 Å². The maximum atomic E-state index is 12.3. The Morgan fingerprint density at radius 2 is 1.63 bits per heavy atom. The van der Waals surface area contributed by atoms with Crippen LogP contribution >= 0.6 is 24.0 Å². The fourth-order valence-electron chi connectivity index (χ4n) is 3.19. The Kier molecular flexibility index (Phi) is 7.43. The summed E-state index contributed by atoms with van der Waals surface area (Å²) in [6, 6.07) is 15.5. The van der Waals surface area contributed by atoms with Crippen LogP contribution in [-0.4, -0.2) is 24.0 Å². The minimum atomic E-state index is -2.41. The average Bonchev–Trinajstić information content (AvgIpc) is 3.15. The lowest BCUT2D eigenvalue weighted by atomic mass is 10.1. The Labute approximate surface area is 168 Å². The molecule has 1 aliphatic heterocycles. The molecule has 0 aliphatic carbocycles. The van der Waals surface area contributed by atoms with E-state index >= 15 is 0 Å². The highest BCUT2D eigenvalue weighted by molar-refractivity contribution is 7.99. The molecule has 0 radical (unpaired) electrons. The van der Waals surface area contributed by atoms with Crippen molar-refractivity contribution < 1.29 is 13.7 Å².